The Morgan fingerprint density at radius 2 is 1.82 bits per heavy atom. The molecule has 0 saturated carbocycles. The van der Waals surface area contributed by atoms with E-state index in [0.717, 1.165) is 11.3 Å². The Kier molecular flexibility index (Phi) is 9.90. The minimum absolute atomic E-state index is 0.144. The summed E-state index contributed by atoms with van der Waals surface area (Å²) in [6.45, 7) is 9.89. The van der Waals surface area contributed by atoms with Gasteiger partial charge in [0.05, 0.1) is 6.54 Å². The van der Waals surface area contributed by atoms with Gasteiger partial charge in [0.25, 0.3) is 0 Å². The van der Waals surface area contributed by atoms with E-state index >= 15 is 0 Å². The molecule has 1 atom stereocenters. The minimum Gasteiger partial charge on any atom is -0.489 e. The van der Waals surface area contributed by atoms with E-state index in [1.165, 1.54) is 4.90 Å². The maximum absolute atomic E-state index is 12.2. The summed E-state index contributed by atoms with van der Waals surface area (Å²) >= 11 is 0. The second-order valence-corrected chi connectivity index (χ2v) is 4.70. The lowest BCUT2D eigenvalue weighted by Crippen LogP contribution is -2.33. The van der Waals surface area contributed by atoms with Crippen LogP contribution in [-0.2, 0) is 0 Å². The fourth-order valence-electron chi connectivity index (χ4n) is 2.17. The fraction of sp³-hybridized carbons (Fsp3) is 0.647. The third kappa shape index (κ3) is 8.27. The summed E-state index contributed by atoms with van der Waals surface area (Å²) in [4.78, 5) is 1.39. The van der Waals surface area contributed by atoms with Crippen molar-refractivity contribution in [3.63, 3.8) is 0 Å². The zero-order valence-corrected chi connectivity index (χ0v) is 14.2. The predicted molar refractivity (Wildman–Crippen MR) is 85.4 cm³/mol. The number of benzene rings is 1. The molecule has 1 heterocycles. The molecule has 1 aliphatic heterocycles. The van der Waals surface area contributed by atoms with Crippen molar-refractivity contribution in [1.29, 1.82) is 0 Å². The van der Waals surface area contributed by atoms with Crippen LogP contribution >= 0.6 is 0 Å². The molecule has 0 N–H and O–H groups in total. The van der Waals surface area contributed by atoms with Crippen LogP contribution in [0.1, 0.15) is 39.7 Å². The van der Waals surface area contributed by atoms with Crippen LogP contribution in [-0.4, -0.2) is 36.8 Å². The Morgan fingerprint density at radius 1 is 1.18 bits per heavy atom. The number of alkyl halides is 3. The zero-order valence-electron chi connectivity index (χ0n) is 14.2. The van der Waals surface area contributed by atoms with Gasteiger partial charge in [-0.25, -0.2) is 0 Å². The number of ether oxygens (including phenoxy) is 1. The summed E-state index contributed by atoms with van der Waals surface area (Å²) in [7, 11) is 0. The molecule has 22 heavy (non-hydrogen) atoms. The normalized spacial score (nSPS) is 17.9. The van der Waals surface area contributed by atoms with E-state index in [4.69, 9.17) is 4.74 Å². The SMILES string of the molecule is CC.CC.Cc1cccc(OC2CCN(CC(F)(F)F)C2)c1. The van der Waals surface area contributed by atoms with Crippen molar-refractivity contribution in [2.75, 3.05) is 19.6 Å². The summed E-state index contributed by atoms with van der Waals surface area (Å²) in [5, 5.41) is 0. The smallest absolute Gasteiger partial charge is 0.401 e. The average Bonchev–Trinajstić information content (AvgIpc) is 2.88. The van der Waals surface area contributed by atoms with Crippen LogP contribution in [0.15, 0.2) is 24.3 Å². The summed E-state index contributed by atoms with van der Waals surface area (Å²) in [6, 6.07) is 7.57. The van der Waals surface area contributed by atoms with Crippen molar-refractivity contribution in [1.82, 2.24) is 4.90 Å². The van der Waals surface area contributed by atoms with Crippen LogP contribution in [0.4, 0.5) is 13.2 Å². The predicted octanol–water partition coefficient (Wildman–Crippen LogP) is 5.06. The van der Waals surface area contributed by atoms with Gasteiger partial charge in [0.1, 0.15) is 11.9 Å². The van der Waals surface area contributed by atoms with Gasteiger partial charge in [-0.15, -0.1) is 0 Å². The van der Waals surface area contributed by atoms with Crippen molar-refractivity contribution in [3.05, 3.63) is 29.8 Å². The molecule has 1 saturated heterocycles. The highest BCUT2D eigenvalue weighted by molar-refractivity contribution is 5.27. The van der Waals surface area contributed by atoms with Crippen LogP contribution in [0.2, 0.25) is 0 Å². The molecule has 0 spiro atoms. The number of rotatable bonds is 3. The summed E-state index contributed by atoms with van der Waals surface area (Å²) in [6.07, 6.45) is -3.63. The van der Waals surface area contributed by atoms with Gasteiger partial charge in [-0.05, 0) is 31.0 Å². The quantitative estimate of drug-likeness (QED) is 0.772. The average molecular weight is 319 g/mol. The third-order valence-corrected chi connectivity index (χ3v) is 2.92. The third-order valence-electron chi connectivity index (χ3n) is 2.92. The standard InChI is InChI=1S/C13H16F3NO.2C2H6/c1-10-3-2-4-11(7-10)18-12-5-6-17(8-12)9-13(14,15)16;2*1-2/h2-4,7,12H,5-6,8-9H2,1H3;2*1-2H3. The lowest BCUT2D eigenvalue weighted by Gasteiger charge is -2.18. The second-order valence-electron chi connectivity index (χ2n) is 4.70. The number of likely N-dealkylation sites (tertiary alicyclic amines) is 1. The molecule has 1 fully saturated rings. The van der Waals surface area contributed by atoms with E-state index in [1.807, 2.05) is 58.9 Å². The molecule has 1 unspecified atom stereocenters. The van der Waals surface area contributed by atoms with E-state index in [1.54, 1.807) is 0 Å². The first-order valence-electron chi connectivity index (χ1n) is 7.95. The zero-order chi connectivity index (χ0) is 17.2. The number of hydrogen-bond donors (Lipinski definition) is 0. The van der Waals surface area contributed by atoms with Gasteiger partial charge in [0.2, 0.25) is 0 Å². The highest BCUT2D eigenvalue weighted by Gasteiger charge is 2.34. The molecule has 128 valence electrons. The monoisotopic (exact) mass is 319 g/mol. The number of nitrogens with zero attached hydrogens (tertiary/aromatic N) is 1. The van der Waals surface area contributed by atoms with Crippen LogP contribution in [0.25, 0.3) is 0 Å². The van der Waals surface area contributed by atoms with Crippen molar-refractivity contribution >= 4 is 0 Å². The second kappa shape index (κ2) is 10.5. The molecule has 1 aliphatic rings. The van der Waals surface area contributed by atoms with Gasteiger partial charge in [-0.2, -0.15) is 13.2 Å². The Bertz CT molecular complexity index is 407. The maximum atomic E-state index is 12.2. The molecular formula is C17H28F3NO. The van der Waals surface area contributed by atoms with Crippen LogP contribution < -0.4 is 4.74 Å². The van der Waals surface area contributed by atoms with Gasteiger partial charge in [-0.3, -0.25) is 4.90 Å². The van der Waals surface area contributed by atoms with Gasteiger partial charge < -0.3 is 4.74 Å². The topological polar surface area (TPSA) is 12.5 Å². The van der Waals surface area contributed by atoms with Crippen molar-refractivity contribution in [2.24, 2.45) is 0 Å². The summed E-state index contributed by atoms with van der Waals surface area (Å²) in [5.74, 6) is 0.730. The minimum atomic E-state index is -4.13. The molecule has 1 aromatic carbocycles. The number of hydrogen-bond acceptors (Lipinski definition) is 2. The lowest BCUT2D eigenvalue weighted by molar-refractivity contribution is -0.144. The van der Waals surface area contributed by atoms with Crippen LogP contribution in [0, 0.1) is 6.92 Å². The molecule has 0 bridgehead atoms. The highest BCUT2D eigenvalue weighted by atomic mass is 19.4. The molecule has 2 rings (SSSR count). The molecule has 0 radical (unpaired) electrons. The Morgan fingerprint density at radius 3 is 2.36 bits per heavy atom. The van der Waals surface area contributed by atoms with E-state index in [0.29, 0.717) is 19.5 Å². The van der Waals surface area contributed by atoms with Crippen molar-refractivity contribution < 1.29 is 17.9 Å². The van der Waals surface area contributed by atoms with Gasteiger partial charge in [0, 0.05) is 13.1 Å². The van der Waals surface area contributed by atoms with Gasteiger partial charge in [-0.1, -0.05) is 39.8 Å². The van der Waals surface area contributed by atoms with E-state index in [-0.39, 0.29) is 6.10 Å². The summed E-state index contributed by atoms with van der Waals surface area (Å²) in [5.41, 5.74) is 1.08. The summed E-state index contributed by atoms with van der Waals surface area (Å²) < 4.78 is 42.4. The van der Waals surface area contributed by atoms with E-state index < -0.39 is 12.7 Å². The van der Waals surface area contributed by atoms with Gasteiger partial charge in [0.15, 0.2) is 0 Å². The molecule has 0 amide bonds. The first kappa shape index (κ1) is 20.8. The largest absolute Gasteiger partial charge is 0.489 e. The lowest BCUT2D eigenvalue weighted by atomic mass is 10.2. The Labute approximate surface area is 132 Å². The molecule has 0 aliphatic carbocycles. The molecule has 5 heteroatoms. The van der Waals surface area contributed by atoms with E-state index in [2.05, 4.69) is 0 Å². The Hall–Kier alpha value is -1.23. The molecule has 0 aromatic heterocycles. The highest BCUT2D eigenvalue weighted by Crippen LogP contribution is 2.23. The van der Waals surface area contributed by atoms with Crippen molar-refractivity contribution in [2.45, 2.75) is 53.3 Å². The molecular weight excluding hydrogens is 291 g/mol. The van der Waals surface area contributed by atoms with Gasteiger partial charge >= 0.3 is 6.18 Å². The first-order chi connectivity index (χ1) is 10.4. The number of halogens is 3. The molecule has 1 aromatic rings. The van der Waals surface area contributed by atoms with E-state index in [9.17, 15) is 13.2 Å². The van der Waals surface area contributed by atoms with Crippen molar-refractivity contribution in [3.8, 4) is 5.75 Å². The number of aryl methyl sites for hydroxylation is 1. The maximum Gasteiger partial charge on any atom is 0.401 e. The first-order valence-corrected chi connectivity index (χ1v) is 7.95. The molecule has 2 nitrogen and oxygen atoms in total. The van der Waals surface area contributed by atoms with Crippen LogP contribution in [0.3, 0.4) is 0 Å². The fourth-order valence-corrected chi connectivity index (χ4v) is 2.17. The Balaban J connectivity index is 0.00000102. The van der Waals surface area contributed by atoms with Crippen LogP contribution in [0.5, 0.6) is 5.75 Å².